The third kappa shape index (κ3) is 2.63. The van der Waals surface area contributed by atoms with Gasteiger partial charge in [-0.3, -0.25) is 9.78 Å². The van der Waals surface area contributed by atoms with E-state index >= 15 is 0 Å². The molecular formula is C10H14N2O. The van der Waals surface area contributed by atoms with Crippen molar-refractivity contribution in [2.45, 2.75) is 25.8 Å². The molecule has 0 amide bonds. The van der Waals surface area contributed by atoms with Crippen LogP contribution in [0.2, 0.25) is 0 Å². The minimum absolute atomic E-state index is 0.0400. The highest BCUT2D eigenvalue weighted by Crippen LogP contribution is 2.13. The second-order valence-electron chi connectivity index (χ2n) is 3.03. The predicted octanol–water partition coefficient (Wildman–Crippen LogP) is 1.69. The van der Waals surface area contributed by atoms with Crippen LogP contribution < -0.4 is 5.73 Å². The van der Waals surface area contributed by atoms with Gasteiger partial charge < -0.3 is 5.73 Å². The Morgan fingerprint density at radius 2 is 2.38 bits per heavy atom. The summed E-state index contributed by atoms with van der Waals surface area (Å²) in [6.07, 6.45) is 4.40. The van der Waals surface area contributed by atoms with Crippen LogP contribution in [-0.4, -0.2) is 11.3 Å². The van der Waals surface area contributed by atoms with Crippen molar-refractivity contribution in [3.63, 3.8) is 0 Å². The number of aldehydes is 1. The lowest BCUT2D eigenvalue weighted by atomic mass is 10.1. The van der Waals surface area contributed by atoms with Crippen molar-refractivity contribution in [2.24, 2.45) is 5.73 Å². The minimum atomic E-state index is 0.0400. The van der Waals surface area contributed by atoms with E-state index in [1.54, 1.807) is 12.3 Å². The molecule has 0 saturated heterocycles. The van der Waals surface area contributed by atoms with Gasteiger partial charge in [0, 0.05) is 12.2 Å². The zero-order valence-corrected chi connectivity index (χ0v) is 7.73. The average molecular weight is 178 g/mol. The second kappa shape index (κ2) is 4.72. The van der Waals surface area contributed by atoms with Crippen molar-refractivity contribution in [2.75, 3.05) is 0 Å². The molecule has 0 aliphatic heterocycles. The molecular weight excluding hydrogens is 164 g/mol. The van der Waals surface area contributed by atoms with Crippen molar-refractivity contribution in [3.8, 4) is 0 Å². The fourth-order valence-corrected chi connectivity index (χ4v) is 1.18. The van der Waals surface area contributed by atoms with Crippen LogP contribution in [0.15, 0.2) is 18.3 Å². The molecule has 0 bridgehead atoms. The second-order valence-corrected chi connectivity index (χ2v) is 3.03. The Bertz CT molecular complexity index is 269. The molecule has 1 unspecified atom stereocenters. The van der Waals surface area contributed by atoms with Crippen LogP contribution in [0.4, 0.5) is 0 Å². The third-order valence-corrected chi connectivity index (χ3v) is 1.96. The molecule has 1 atom stereocenters. The summed E-state index contributed by atoms with van der Waals surface area (Å²) in [4.78, 5) is 14.3. The van der Waals surface area contributed by atoms with Gasteiger partial charge in [0.05, 0.1) is 0 Å². The standard InChI is InChI=1S/C10H14N2O/c1-2-3-10(11)8-4-5-9(7-13)12-6-8/h4-7,10H,2-3,11H2,1H3. The summed E-state index contributed by atoms with van der Waals surface area (Å²) >= 11 is 0. The number of hydrogen-bond acceptors (Lipinski definition) is 3. The Morgan fingerprint density at radius 1 is 1.62 bits per heavy atom. The van der Waals surface area contributed by atoms with Gasteiger partial charge in [0.1, 0.15) is 5.69 Å². The fraction of sp³-hybridized carbons (Fsp3) is 0.400. The fourth-order valence-electron chi connectivity index (χ4n) is 1.18. The molecule has 0 radical (unpaired) electrons. The van der Waals surface area contributed by atoms with E-state index in [2.05, 4.69) is 11.9 Å². The first-order valence-electron chi connectivity index (χ1n) is 4.44. The zero-order chi connectivity index (χ0) is 9.68. The number of carbonyl (C=O) groups excluding carboxylic acids is 1. The van der Waals surface area contributed by atoms with Gasteiger partial charge in [0.15, 0.2) is 6.29 Å². The van der Waals surface area contributed by atoms with Gasteiger partial charge in [0.2, 0.25) is 0 Å². The number of nitrogens with two attached hydrogens (primary N) is 1. The number of aromatic nitrogens is 1. The van der Waals surface area contributed by atoms with E-state index in [1.165, 1.54) is 0 Å². The first-order chi connectivity index (χ1) is 6.27. The van der Waals surface area contributed by atoms with Crippen LogP contribution in [0.25, 0.3) is 0 Å². The highest BCUT2D eigenvalue weighted by atomic mass is 16.1. The summed E-state index contributed by atoms with van der Waals surface area (Å²) in [5, 5.41) is 0. The molecule has 0 aromatic carbocycles. The maximum atomic E-state index is 10.3. The molecule has 1 aromatic heterocycles. The molecule has 3 nitrogen and oxygen atoms in total. The Kier molecular flexibility index (Phi) is 3.58. The van der Waals surface area contributed by atoms with Crippen LogP contribution in [0.1, 0.15) is 41.9 Å². The van der Waals surface area contributed by atoms with Crippen LogP contribution in [0, 0.1) is 0 Å². The van der Waals surface area contributed by atoms with Gasteiger partial charge >= 0.3 is 0 Å². The van der Waals surface area contributed by atoms with E-state index in [1.807, 2.05) is 6.07 Å². The first kappa shape index (κ1) is 9.86. The molecule has 2 N–H and O–H groups in total. The van der Waals surface area contributed by atoms with Crippen molar-refractivity contribution in [3.05, 3.63) is 29.6 Å². The molecule has 3 heteroatoms. The largest absolute Gasteiger partial charge is 0.324 e. The van der Waals surface area contributed by atoms with E-state index in [0.29, 0.717) is 5.69 Å². The molecule has 0 aliphatic carbocycles. The van der Waals surface area contributed by atoms with Crippen molar-refractivity contribution >= 4 is 6.29 Å². The summed E-state index contributed by atoms with van der Waals surface area (Å²) in [5.41, 5.74) is 7.31. The summed E-state index contributed by atoms with van der Waals surface area (Å²) in [5.74, 6) is 0. The van der Waals surface area contributed by atoms with Gasteiger partial charge in [-0.1, -0.05) is 19.4 Å². The summed E-state index contributed by atoms with van der Waals surface area (Å²) in [6, 6.07) is 3.59. The Morgan fingerprint density at radius 3 is 2.85 bits per heavy atom. The SMILES string of the molecule is CCCC(N)c1ccc(C=O)nc1. The molecule has 0 saturated carbocycles. The molecule has 1 heterocycles. The lowest BCUT2D eigenvalue weighted by molar-refractivity contribution is 0.111. The molecule has 1 aromatic rings. The minimum Gasteiger partial charge on any atom is -0.324 e. The topological polar surface area (TPSA) is 56.0 Å². The maximum absolute atomic E-state index is 10.3. The molecule has 0 aliphatic rings. The van der Waals surface area contributed by atoms with Gasteiger partial charge in [0.25, 0.3) is 0 Å². The Balaban J connectivity index is 2.73. The van der Waals surface area contributed by atoms with Crippen LogP contribution in [-0.2, 0) is 0 Å². The predicted molar refractivity (Wildman–Crippen MR) is 51.5 cm³/mol. The zero-order valence-electron chi connectivity index (χ0n) is 7.73. The average Bonchev–Trinajstić information content (AvgIpc) is 2.18. The summed E-state index contributed by atoms with van der Waals surface area (Å²) < 4.78 is 0. The van der Waals surface area contributed by atoms with Gasteiger partial charge in [-0.2, -0.15) is 0 Å². The number of rotatable bonds is 4. The number of hydrogen-bond donors (Lipinski definition) is 1. The smallest absolute Gasteiger partial charge is 0.168 e. The Labute approximate surface area is 78.0 Å². The van der Waals surface area contributed by atoms with Crippen molar-refractivity contribution < 1.29 is 4.79 Å². The van der Waals surface area contributed by atoms with Crippen LogP contribution in [0.3, 0.4) is 0 Å². The van der Waals surface area contributed by atoms with E-state index in [0.717, 1.165) is 24.7 Å². The van der Waals surface area contributed by atoms with Crippen LogP contribution >= 0.6 is 0 Å². The molecule has 1 rings (SSSR count). The van der Waals surface area contributed by atoms with E-state index in [-0.39, 0.29) is 6.04 Å². The van der Waals surface area contributed by atoms with Crippen molar-refractivity contribution in [1.82, 2.24) is 4.98 Å². The lowest BCUT2D eigenvalue weighted by Gasteiger charge is -2.09. The van der Waals surface area contributed by atoms with E-state index in [9.17, 15) is 4.79 Å². The van der Waals surface area contributed by atoms with E-state index < -0.39 is 0 Å². The third-order valence-electron chi connectivity index (χ3n) is 1.96. The molecule has 13 heavy (non-hydrogen) atoms. The first-order valence-corrected chi connectivity index (χ1v) is 4.44. The highest BCUT2D eigenvalue weighted by molar-refractivity contribution is 5.71. The highest BCUT2D eigenvalue weighted by Gasteiger charge is 2.04. The monoisotopic (exact) mass is 178 g/mol. The maximum Gasteiger partial charge on any atom is 0.168 e. The van der Waals surface area contributed by atoms with Gasteiger partial charge in [-0.15, -0.1) is 0 Å². The van der Waals surface area contributed by atoms with Crippen molar-refractivity contribution in [1.29, 1.82) is 0 Å². The Hall–Kier alpha value is -1.22. The molecule has 0 fully saturated rings. The lowest BCUT2D eigenvalue weighted by Crippen LogP contribution is -2.10. The summed E-state index contributed by atoms with van der Waals surface area (Å²) in [7, 11) is 0. The van der Waals surface area contributed by atoms with E-state index in [4.69, 9.17) is 5.73 Å². The molecule has 0 spiro atoms. The van der Waals surface area contributed by atoms with Gasteiger partial charge in [-0.05, 0) is 18.1 Å². The number of carbonyl (C=O) groups is 1. The number of nitrogens with zero attached hydrogens (tertiary/aromatic N) is 1. The van der Waals surface area contributed by atoms with Crippen LogP contribution in [0.5, 0.6) is 0 Å². The quantitative estimate of drug-likeness (QED) is 0.714. The molecule has 70 valence electrons. The summed E-state index contributed by atoms with van der Waals surface area (Å²) in [6.45, 7) is 2.09. The number of pyridine rings is 1. The normalized spacial score (nSPS) is 12.5. The van der Waals surface area contributed by atoms with Gasteiger partial charge in [-0.25, -0.2) is 0 Å².